The van der Waals surface area contributed by atoms with Gasteiger partial charge in [0.1, 0.15) is 0 Å². The van der Waals surface area contributed by atoms with E-state index in [2.05, 4.69) is 0 Å². The minimum absolute atomic E-state index is 0. The van der Waals surface area contributed by atoms with E-state index in [9.17, 15) is 0 Å². The third-order valence-corrected chi connectivity index (χ3v) is 0. The number of rotatable bonds is 0. The molecule has 0 rings (SSSR count). The van der Waals surface area contributed by atoms with E-state index in [-0.39, 0.29) is 84.2 Å². The fraction of sp³-hybridized carbons (Fsp3) is 0. The molecule has 0 radical (unpaired) electrons. The first kappa shape index (κ1) is 69.7. The number of phosphoric acid groups is 1. The van der Waals surface area contributed by atoms with Gasteiger partial charge in [-0.15, -0.1) is 0 Å². The van der Waals surface area contributed by atoms with E-state index in [0.29, 0.717) is 0 Å². The van der Waals surface area contributed by atoms with Crippen molar-refractivity contribution in [2.75, 3.05) is 0 Å². The van der Waals surface area contributed by atoms with Crippen LogP contribution in [0.5, 0.6) is 0 Å². The van der Waals surface area contributed by atoms with Gasteiger partial charge in [0.25, 0.3) is 0 Å². The van der Waals surface area contributed by atoms with E-state index in [1.54, 1.807) is 0 Å². The van der Waals surface area contributed by atoms with E-state index in [0.717, 1.165) is 0 Å². The number of hydrogen-bond donors (Lipinski definition) is 3. The van der Waals surface area contributed by atoms with Crippen molar-refractivity contribution >= 4 is 59.2 Å². The summed E-state index contributed by atoms with van der Waals surface area (Å²) in [6.07, 6.45) is 0. The van der Waals surface area contributed by atoms with Gasteiger partial charge in [0.15, 0.2) is 0 Å². The Labute approximate surface area is 110 Å². The van der Waals surface area contributed by atoms with E-state index in [4.69, 9.17) is 19.2 Å². The third-order valence-electron chi connectivity index (χ3n) is 0. The fourth-order valence-electron chi connectivity index (χ4n) is 0. The molecule has 0 heterocycles. The van der Waals surface area contributed by atoms with E-state index in [1.807, 2.05) is 0 Å². The molecule has 0 atom stereocenters. The summed E-state index contributed by atoms with van der Waals surface area (Å²) in [5.74, 6) is 0. The second-order valence-corrected chi connectivity index (χ2v) is 1.54. The first-order valence-corrected chi connectivity index (χ1v) is 2.35. The first-order chi connectivity index (χ1) is 2.00. The van der Waals surface area contributed by atoms with Gasteiger partial charge in [0, 0.05) is 0 Å². The zero-order valence-electron chi connectivity index (χ0n) is 5.20. The molecule has 0 amide bonds. The van der Waals surface area contributed by atoms with Gasteiger partial charge in [-0.3, -0.25) is 0 Å². The van der Waals surface area contributed by atoms with Crippen molar-refractivity contribution in [3.63, 3.8) is 0 Å². The molecule has 0 aromatic carbocycles. The van der Waals surface area contributed by atoms with Crippen LogP contribution < -0.4 is 0 Å². The Morgan fingerprint density at radius 1 is 0.667 bits per heavy atom. The Morgan fingerprint density at radius 3 is 0.667 bits per heavy atom. The van der Waals surface area contributed by atoms with E-state index >= 15 is 0 Å². The van der Waals surface area contributed by atoms with E-state index in [1.165, 1.54) is 0 Å². The van der Waals surface area contributed by atoms with Crippen molar-refractivity contribution in [3.8, 4) is 0 Å². The molecule has 0 saturated carbocycles. The van der Waals surface area contributed by atoms with Crippen LogP contribution in [0, 0.1) is 0 Å². The molecule has 0 spiro atoms. The Kier molecular flexibility index (Phi) is 171. The van der Waals surface area contributed by atoms with Crippen molar-refractivity contribution in [2.24, 2.45) is 0 Å². The summed E-state index contributed by atoms with van der Waals surface area (Å²) in [4.78, 5) is 21.6. The molecule has 12 heavy (non-hydrogen) atoms. The summed E-state index contributed by atoms with van der Waals surface area (Å²) in [5, 5.41) is 0. The molecular formula is H16KO10P. The maximum atomic E-state index is 8.88. The van der Waals surface area contributed by atoms with Gasteiger partial charge in [-0.25, -0.2) is 4.57 Å². The molecule has 10 nitrogen and oxygen atoms in total. The zero-order valence-corrected chi connectivity index (χ0v) is 6.09. The van der Waals surface area contributed by atoms with E-state index < -0.39 is 7.82 Å². The van der Waals surface area contributed by atoms with Gasteiger partial charge in [-0.1, -0.05) is 0 Å². The van der Waals surface area contributed by atoms with Crippen LogP contribution in [0.15, 0.2) is 0 Å². The van der Waals surface area contributed by atoms with Crippen molar-refractivity contribution in [3.05, 3.63) is 0 Å². The minimum atomic E-state index is -4.64. The Hall–Kier alpha value is 1.51. The Bertz CT molecular complexity index is 56.0. The van der Waals surface area contributed by atoms with Crippen molar-refractivity contribution < 1.29 is 52.1 Å². The average Bonchev–Trinajstić information content (AvgIpc) is 0.722. The Morgan fingerprint density at radius 2 is 0.667 bits per heavy atom. The third kappa shape index (κ3) is 560. The standard InChI is InChI=1S/K.H3O4P.6H2O.H/c;1-5(2,3)4;;;;;;;/h;(H3,1,2,3,4);6*1H2;. The summed E-state index contributed by atoms with van der Waals surface area (Å²) in [6, 6.07) is 0. The average molecular weight is 246 g/mol. The van der Waals surface area contributed by atoms with Gasteiger partial charge in [0.05, 0.1) is 0 Å². The van der Waals surface area contributed by atoms with Crippen LogP contribution in [0.25, 0.3) is 0 Å². The second-order valence-electron chi connectivity index (χ2n) is 0.513. The van der Waals surface area contributed by atoms with Crippen LogP contribution >= 0.6 is 7.82 Å². The molecule has 0 aliphatic heterocycles. The molecule has 0 unspecified atom stereocenters. The molecule has 0 aromatic rings. The summed E-state index contributed by atoms with van der Waals surface area (Å²) in [5.41, 5.74) is 0. The molecule has 0 aliphatic rings. The predicted molar refractivity (Wildman–Crippen MR) is 43.1 cm³/mol. The molecule has 82 valence electrons. The van der Waals surface area contributed by atoms with Crippen LogP contribution in [0.4, 0.5) is 0 Å². The van der Waals surface area contributed by atoms with Crippen LogP contribution in [-0.2, 0) is 4.57 Å². The molecule has 0 bridgehead atoms. The fourth-order valence-corrected chi connectivity index (χ4v) is 0. The van der Waals surface area contributed by atoms with Crippen LogP contribution in [0.1, 0.15) is 0 Å². The van der Waals surface area contributed by atoms with Crippen LogP contribution in [0.2, 0.25) is 0 Å². The normalized spacial score (nSPS) is 4.92. The van der Waals surface area contributed by atoms with Gasteiger partial charge in [0.2, 0.25) is 0 Å². The molecule has 0 aliphatic carbocycles. The maximum absolute atomic E-state index is 8.88. The molecule has 0 saturated heterocycles. The first-order valence-electron chi connectivity index (χ1n) is 0.783. The SMILES string of the molecule is O.O.O.O.O.O.O=P(O)(O)O.[KH]. The molecule has 0 fully saturated rings. The number of hydrogen-bond acceptors (Lipinski definition) is 1. The van der Waals surface area contributed by atoms with Gasteiger partial charge in [-0.05, 0) is 0 Å². The molecule has 0 aromatic heterocycles. The summed E-state index contributed by atoms with van der Waals surface area (Å²) in [6.45, 7) is 0. The van der Waals surface area contributed by atoms with Gasteiger partial charge in [-0.2, -0.15) is 0 Å². The van der Waals surface area contributed by atoms with Crippen LogP contribution in [0.3, 0.4) is 0 Å². The van der Waals surface area contributed by atoms with Crippen molar-refractivity contribution in [1.29, 1.82) is 0 Å². The van der Waals surface area contributed by atoms with Crippen molar-refractivity contribution in [2.45, 2.75) is 0 Å². The molecule has 15 N–H and O–H groups in total. The molecule has 12 heteroatoms. The molecular weight excluding hydrogens is 230 g/mol. The quantitative estimate of drug-likeness (QED) is 0.277. The summed E-state index contributed by atoms with van der Waals surface area (Å²) >= 11 is 0. The van der Waals surface area contributed by atoms with Crippen molar-refractivity contribution in [1.82, 2.24) is 0 Å². The van der Waals surface area contributed by atoms with Gasteiger partial charge >= 0.3 is 59.2 Å². The monoisotopic (exact) mass is 246 g/mol. The van der Waals surface area contributed by atoms with Crippen LogP contribution in [-0.4, -0.2) is 98.9 Å². The summed E-state index contributed by atoms with van der Waals surface area (Å²) < 4.78 is 8.88. The summed E-state index contributed by atoms with van der Waals surface area (Å²) in [7, 11) is -4.64. The zero-order chi connectivity index (χ0) is 4.50. The Balaban J connectivity index is -0.00000000381. The second kappa shape index (κ2) is 29.4. The predicted octanol–water partition coefficient (Wildman–Crippen LogP) is -6.53. The van der Waals surface area contributed by atoms with Gasteiger partial charge < -0.3 is 47.5 Å². The topological polar surface area (TPSA) is 267 Å².